The Bertz CT molecular complexity index is 929. The number of ether oxygens (including phenoxy) is 1. The van der Waals surface area contributed by atoms with E-state index in [4.69, 9.17) is 10.5 Å². The molecule has 4 N–H and O–H groups in total. The third kappa shape index (κ3) is 3.92. The maximum atomic E-state index is 12.7. The smallest absolute Gasteiger partial charge is 0.338 e. The molecule has 0 aliphatic heterocycles. The summed E-state index contributed by atoms with van der Waals surface area (Å²) >= 11 is 0. The second-order valence-electron chi connectivity index (χ2n) is 6.08. The SMILES string of the molecule is CCOC(=O)c1cc2ccccc2c(O)c1C(NCCN)c1ccncc1. The fraction of sp³-hybridized carbons (Fsp3) is 0.238. The van der Waals surface area contributed by atoms with Crippen LogP contribution in [0.1, 0.15) is 34.5 Å². The maximum absolute atomic E-state index is 12.7. The van der Waals surface area contributed by atoms with Gasteiger partial charge in [0.05, 0.1) is 18.2 Å². The number of fused-ring (bicyclic) bond motifs is 1. The lowest BCUT2D eigenvalue weighted by molar-refractivity contribution is 0.0524. The summed E-state index contributed by atoms with van der Waals surface area (Å²) in [6.07, 6.45) is 3.35. The summed E-state index contributed by atoms with van der Waals surface area (Å²) < 4.78 is 5.25. The Morgan fingerprint density at radius 2 is 2.00 bits per heavy atom. The van der Waals surface area contributed by atoms with E-state index in [-0.39, 0.29) is 12.4 Å². The van der Waals surface area contributed by atoms with Crippen LogP contribution in [0.25, 0.3) is 10.8 Å². The molecule has 3 rings (SSSR count). The van der Waals surface area contributed by atoms with Crippen LogP contribution in [-0.2, 0) is 4.74 Å². The van der Waals surface area contributed by atoms with Gasteiger partial charge in [0.25, 0.3) is 0 Å². The topological polar surface area (TPSA) is 97.5 Å². The molecule has 140 valence electrons. The van der Waals surface area contributed by atoms with Gasteiger partial charge in [-0.05, 0) is 36.1 Å². The molecule has 1 unspecified atom stereocenters. The summed E-state index contributed by atoms with van der Waals surface area (Å²) in [5, 5.41) is 15.9. The Balaban J connectivity index is 2.26. The van der Waals surface area contributed by atoms with Gasteiger partial charge in [-0.2, -0.15) is 0 Å². The van der Waals surface area contributed by atoms with Crippen LogP contribution in [0.5, 0.6) is 5.75 Å². The summed E-state index contributed by atoms with van der Waals surface area (Å²) in [6.45, 7) is 2.94. The zero-order valence-corrected chi connectivity index (χ0v) is 15.2. The molecule has 1 aromatic heterocycles. The third-order valence-corrected chi connectivity index (χ3v) is 4.38. The number of carbonyl (C=O) groups excluding carboxylic acids is 1. The Kier molecular flexibility index (Phi) is 6.01. The lowest BCUT2D eigenvalue weighted by Crippen LogP contribution is -2.29. The lowest BCUT2D eigenvalue weighted by Gasteiger charge is -2.24. The molecule has 0 amide bonds. The molecule has 0 saturated carbocycles. The highest BCUT2D eigenvalue weighted by atomic mass is 16.5. The predicted molar refractivity (Wildman–Crippen MR) is 105 cm³/mol. The van der Waals surface area contributed by atoms with Crippen molar-refractivity contribution in [3.63, 3.8) is 0 Å². The minimum Gasteiger partial charge on any atom is -0.507 e. The molecule has 6 heteroatoms. The number of carbonyl (C=O) groups is 1. The number of hydrogen-bond acceptors (Lipinski definition) is 6. The number of benzene rings is 2. The first-order chi connectivity index (χ1) is 13.2. The predicted octanol–water partition coefficient (Wildman–Crippen LogP) is 2.75. The number of phenolic OH excluding ortho intramolecular Hbond substituents is 1. The Hall–Kier alpha value is -2.96. The highest BCUT2D eigenvalue weighted by Gasteiger charge is 2.26. The van der Waals surface area contributed by atoms with Crippen LogP contribution in [0.4, 0.5) is 0 Å². The molecule has 0 saturated heterocycles. The molecule has 3 aromatic rings. The van der Waals surface area contributed by atoms with E-state index in [1.165, 1.54) is 0 Å². The summed E-state index contributed by atoms with van der Waals surface area (Å²) in [6, 6.07) is 12.4. The lowest BCUT2D eigenvalue weighted by atomic mass is 9.90. The quantitative estimate of drug-likeness (QED) is 0.557. The normalized spacial score (nSPS) is 12.1. The van der Waals surface area contributed by atoms with Gasteiger partial charge >= 0.3 is 5.97 Å². The van der Waals surface area contributed by atoms with Crippen LogP contribution in [0.15, 0.2) is 54.9 Å². The molecule has 0 aliphatic rings. The van der Waals surface area contributed by atoms with E-state index in [1.54, 1.807) is 25.4 Å². The van der Waals surface area contributed by atoms with Crippen molar-refractivity contribution in [1.29, 1.82) is 0 Å². The fourth-order valence-corrected chi connectivity index (χ4v) is 3.18. The van der Waals surface area contributed by atoms with Crippen molar-refractivity contribution in [2.45, 2.75) is 13.0 Å². The summed E-state index contributed by atoms with van der Waals surface area (Å²) in [5.74, 6) is -0.412. The number of esters is 1. The number of aromatic nitrogens is 1. The average molecular weight is 365 g/mol. The van der Waals surface area contributed by atoms with Crippen molar-refractivity contribution in [3.05, 3.63) is 71.5 Å². The van der Waals surface area contributed by atoms with Gasteiger partial charge in [0, 0.05) is 36.4 Å². The number of phenols is 1. The first kappa shape index (κ1) is 18.8. The molecule has 0 aliphatic carbocycles. The van der Waals surface area contributed by atoms with E-state index in [0.717, 1.165) is 10.9 Å². The van der Waals surface area contributed by atoms with E-state index in [1.807, 2.05) is 36.4 Å². The van der Waals surface area contributed by atoms with Gasteiger partial charge in [0.1, 0.15) is 5.75 Å². The van der Waals surface area contributed by atoms with Gasteiger partial charge in [-0.1, -0.05) is 24.3 Å². The molecule has 0 fully saturated rings. The zero-order valence-electron chi connectivity index (χ0n) is 15.2. The van der Waals surface area contributed by atoms with Gasteiger partial charge < -0.3 is 20.9 Å². The van der Waals surface area contributed by atoms with Gasteiger partial charge in [0.2, 0.25) is 0 Å². The summed E-state index contributed by atoms with van der Waals surface area (Å²) in [7, 11) is 0. The van der Waals surface area contributed by atoms with E-state index in [2.05, 4.69) is 10.3 Å². The molecular formula is C21H23N3O3. The Morgan fingerprint density at radius 3 is 2.70 bits per heavy atom. The van der Waals surface area contributed by atoms with Gasteiger partial charge in [-0.15, -0.1) is 0 Å². The first-order valence-electron chi connectivity index (χ1n) is 8.92. The number of pyridine rings is 1. The standard InChI is InChI=1S/C21H23N3O3/c1-2-27-21(26)17-13-15-5-3-4-6-16(15)20(25)18(17)19(24-12-9-22)14-7-10-23-11-8-14/h3-8,10-11,13,19,24-25H,2,9,12,22H2,1H3. The molecule has 2 aromatic carbocycles. The largest absolute Gasteiger partial charge is 0.507 e. The van der Waals surface area contributed by atoms with Crippen molar-refractivity contribution in [1.82, 2.24) is 10.3 Å². The van der Waals surface area contributed by atoms with Crippen LogP contribution in [-0.4, -0.2) is 35.8 Å². The number of hydrogen-bond donors (Lipinski definition) is 3. The fourth-order valence-electron chi connectivity index (χ4n) is 3.18. The van der Waals surface area contributed by atoms with Crippen molar-refractivity contribution < 1.29 is 14.6 Å². The highest BCUT2D eigenvalue weighted by Crippen LogP contribution is 2.38. The molecule has 1 atom stereocenters. The third-order valence-electron chi connectivity index (χ3n) is 4.38. The maximum Gasteiger partial charge on any atom is 0.338 e. The van der Waals surface area contributed by atoms with Crippen molar-refractivity contribution in [2.24, 2.45) is 5.73 Å². The van der Waals surface area contributed by atoms with Crippen molar-refractivity contribution in [3.8, 4) is 5.75 Å². The molecule has 6 nitrogen and oxygen atoms in total. The van der Waals surface area contributed by atoms with Crippen LogP contribution in [0, 0.1) is 0 Å². The summed E-state index contributed by atoms with van der Waals surface area (Å²) in [4.78, 5) is 16.7. The monoisotopic (exact) mass is 365 g/mol. The van der Waals surface area contributed by atoms with Gasteiger partial charge in [-0.25, -0.2) is 4.79 Å². The molecule has 0 radical (unpaired) electrons. The zero-order chi connectivity index (χ0) is 19.2. The Labute approximate surface area is 158 Å². The minimum absolute atomic E-state index is 0.0579. The van der Waals surface area contributed by atoms with E-state index in [9.17, 15) is 9.90 Å². The molecule has 27 heavy (non-hydrogen) atoms. The first-order valence-corrected chi connectivity index (χ1v) is 8.92. The minimum atomic E-state index is -0.470. The van der Waals surface area contributed by atoms with Crippen LogP contribution in [0.3, 0.4) is 0 Å². The van der Waals surface area contributed by atoms with E-state index < -0.39 is 12.0 Å². The average Bonchev–Trinajstić information content (AvgIpc) is 2.70. The molecule has 0 spiro atoms. The number of nitrogens with one attached hydrogen (secondary N) is 1. The van der Waals surface area contributed by atoms with Crippen molar-refractivity contribution >= 4 is 16.7 Å². The van der Waals surface area contributed by atoms with E-state index in [0.29, 0.717) is 29.6 Å². The van der Waals surface area contributed by atoms with Crippen LogP contribution in [0.2, 0.25) is 0 Å². The molecule has 1 heterocycles. The highest BCUT2D eigenvalue weighted by molar-refractivity contribution is 6.01. The second-order valence-corrected chi connectivity index (χ2v) is 6.08. The number of rotatable bonds is 7. The van der Waals surface area contributed by atoms with Crippen LogP contribution >= 0.6 is 0 Å². The van der Waals surface area contributed by atoms with Crippen molar-refractivity contribution in [2.75, 3.05) is 19.7 Å². The molecular weight excluding hydrogens is 342 g/mol. The summed E-state index contributed by atoms with van der Waals surface area (Å²) in [5.41, 5.74) is 7.36. The number of nitrogens with zero attached hydrogens (tertiary/aromatic N) is 1. The van der Waals surface area contributed by atoms with E-state index >= 15 is 0 Å². The number of nitrogens with two attached hydrogens (primary N) is 1. The van der Waals surface area contributed by atoms with Gasteiger partial charge in [0.15, 0.2) is 0 Å². The number of aromatic hydroxyl groups is 1. The van der Waals surface area contributed by atoms with Crippen LogP contribution < -0.4 is 11.1 Å². The Morgan fingerprint density at radius 1 is 1.26 bits per heavy atom. The second kappa shape index (κ2) is 8.62. The van der Waals surface area contributed by atoms with Gasteiger partial charge in [-0.3, -0.25) is 4.98 Å². The molecule has 0 bridgehead atoms.